The monoisotopic (exact) mass is 421 g/mol. The van der Waals surface area contributed by atoms with Crippen molar-refractivity contribution in [2.24, 2.45) is 0 Å². The molecule has 0 spiro atoms. The SMILES string of the molecule is CCC(F)(F)c1cnc(OCCn2cc3c(C(=O)NC(C)C)nccc3n2)c(F)c1. The van der Waals surface area contributed by atoms with E-state index in [4.69, 9.17) is 4.74 Å². The summed E-state index contributed by atoms with van der Waals surface area (Å²) < 4.78 is 48.2. The van der Waals surface area contributed by atoms with Gasteiger partial charge in [0.1, 0.15) is 12.3 Å². The molecule has 10 heteroatoms. The molecular weight excluding hydrogens is 399 g/mol. The number of alkyl halides is 2. The third-order valence-corrected chi connectivity index (χ3v) is 4.35. The summed E-state index contributed by atoms with van der Waals surface area (Å²) in [5.74, 6) is -4.76. The highest BCUT2D eigenvalue weighted by Gasteiger charge is 2.30. The number of hydrogen-bond donors (Lipinski definition) is 1. The van der Waals surface area contributed by atoms with Crippen LogP contribution in [-0.4, -0.2) is 38.3 Å². The fraction of sp³-hybridized carbons (Fsp3) is 0.400. The lowest BCUT2D eigenvalue weighted by Crippen LogP contribution is -2.30. The van der Waals surface area contributed by atoms with Crippen molar-refractivity contribution in [3.8, 4) is 5.88 Å². The second kappa shape index (κ2) is 8.68. The average Bonchev–Trinajstić information content (AvgIpc) is 3.11. The summed E-state index contributed by atoms with van der Waals surface area (Å²) in [6, 6.07) is 2.37. The summed E-state index contributed by atoms with van der Waals surface area (Å²) in [7, 11) is 0. The zero-order valence-corrected chi connectivity index (χ0v) is 16.8. The van der Waals surface area contributed by atoms with E-state index in [0.29, 0.717) is 10.9 Å². The number of halogens is 3. The minimum Gasteiger partial charge on any atom is -0.474 e. The summed E-state index contributed by atoms with van der Waals surface area (Å²) in [6.45, 7) is 5.24. The molecule has 0 radical (unpaired) electrons. The second-order valence-electron chi connectivity index (χ2n) is 7.03. The number of carbonyl (C=O) groups is 1. The van der Waals surface area contributed by atoms with E-state index in [9.17, 15) is 18.0 Å². The van der Waals surface area contributed by atoms with E-state index < -0.39 is 23.7 Å². The molecule has 3 heterocycles. The van der Waals surface area contributed by atoms with Crippen LogP contribution in [0.4, 0.5) is 13.2 Å². The van der Waals surface area contributed by atoms with E-state index in [-0.39, 0.29) is 36.7 Å². The molecular formula is C20H22F3N5O2. The van der Waals surface area contributed by atoms with Crippen LogP contribution in [0.3, 0.4) is 0 Å². The fourth-order valence-corrected chi connectivity index (χ4v) is 2.79. The van der Waals surface area contributed by atoms with Gasteiger partial charge in [0.2, 0.25) is 5.88 Å². The molecule has 3 rings (SSSR count). The Bertz CT molecular complexity index is 1050. The number of pyridine rings is 2. The number of nitrogens with one attached hydrogen (secondary N) is 1. The maximum atomic E-state index is 14.1. The lowest BCUT2D eigenvalue weighted by atomic mass is 10.1. The molecule has 0 atom stereocenters. The largest absolute Gasteiger partial charge is 0.474 e. The van der Waals surface area contributed by atoms with Crippen molar-refractivity contribution in [2.45, 2.75) is 45.7 Å². The highest BCUT2D eigenvalue weighted by Crippen LogP contribution is 2.32. The summed E-state index contributed by atoms with van der Waals surface area (Å²) >= 11 is 0. The van der Waals surface area contributed by atoms with E-state index in [2.05, 4.69) is 20.4 Å². The number of fused-ring (bicyclic) bond motifs is 1. The lowest BCUT2D eigenvalue weighted by molar-refractivity contribution is -0.00905. The van der Waals surface area contributed by atoms with Crippen LogP contribution >= 0.6 is 0 Å². The van der Waals surface area contributed by atoms with Crippen LogP contribution in [0.2, 0.25) is 0 Å². The normalized spacial score (nSPS) is 11.8. The minimum absolute atomic E-state index is 0.00236. The van der Waals surface area contributed by atoms with Crippen LogP contribution in [-0.2, 0) is 12.5 Å². The number of ether oxygens (including phenoxy) is 1. The number of amides is 1. The molecule has 0 aliphatic carbocycles. The molecule has 1 amide bonds. The molecule has 3 aromatic heterocycles. The molecule has 0 aliphatic rings. The van der Waals surface area contributed by atoms with Gasteiger partial charge >= 0.3 is 0 Å². The highest BCUT2D eigenvalue weighted by atomic mass is 19.3. The topological polar surface area (TPSA) is 81.9 Å². The molecule has 160 valence electrons. The summed E-state index contributed by atoms with van der Waals surface area (Å²) in [6.07, 6.45) is 3.61. The Labute approximate surface area is 171 Å². The van der Waals surface area contributed by atoms with Gasteiger partial charge in [-0.15, -0.1) is 0 Å². The molecule has 0 unspecified atom stereocenters. The average molecular weight is 421 g/mol. The minimum atomic E-state index is -3.14. The van der Waals surface area contributed by atoms with E-state index in [0.717, 1.165) is 12.3 Å². The van der Waals surface area contributed by atoms with Gasteiger partial charge in [-0.1, -0.05) is 6.92 Å². The van der Waals surface area contributed by atoms with Crippen molar-refractivity contribution >= 4 is 16.8 Å². The summed E-state index contributed by atoms with van der Waals surface area (Å²) in [5.41, 5.74) is 0.343. The zero-order valence-electron chi connectivity index (χ0n) is 16.8. The van der Waals surface area contributed by atoms with Gasteiger partial charge < -0.3 is 10.1 Å². The fourth-order valence-electron chi connectivity index (χ4n) is 2.79. The molecule has 0 saturated carbocycles. The first-order chi connectivity index (χ1) is 14.2. The van der Waals surface area contributed by atoms with Crippen LogP contribution in [0.15, 0.2) is 30.7 Å². The Hall–Kier alpha value is -3.17. The van der Waals surface area contributed by atoms with Crippen molar-refractivity contribution in [3.05, 3.63) is 47.8 Å². The van der Waals surface area contributed by atoms with Gasteiger partial charge in [-0.25, -0.2) is 18.2 Å². The first-order valence-electron chi connectivity index (χ1n) is 9.51. The molecule has 0 fully saturated rings. The number of carbonyl (C=O) groups excluding carboxylic acids is 1. The van der Waals surface area contributed by atoms with Crippen molar-refractivity contribution < 1.29 is 22.7 Å². The molecule has 3 aromatic rings. The summed E-state index contributed by atoms with van der Waals surface area (Å²) in [5, 5.41) is 7.71. The van der Waals surface area contributed by atoms with Crippen LogP contribution in [0.25, 0.3) is 10.9 Å². The Kier molecular flexibility index (Phi) is 6.23. The first kappa shape index (κ1) is 21.5. The Morgan fingerprint density at radius 2 is 2.10 bits per heavy atom. The molecule has 0 aliphatic heterocycles. The van der Waals surface area contributed by atoms with Gasteiger partial charge in [-0.2, -0.15) is 5.10 Å². The highest BCUT2D eigenvalue weighted by molar-refractivity contribution is 6.04. The first-order valence-corrected chi connectivity index (χ1v) is 9.51. The van der Waals surface area contributed by atoms with Gasteiger partial charge in [0.15, 0.2) is 5.82 Å². The predicted octanol–water partition coefficient (Wildman–Crippen LogP) is 3.68. The van der Waals surface area contributed by atoms with Crippen molar-refractivity contribution in [2.75, 3.05) is 6.61 Å². The molecule has 7 nitrogen and oxygen atoms in total. The zero-order chi connectivity index (χ0) is 21.9. The molecule has 0 bridgehead atoms. The van der Waals surface area contributed by atoms with Gasteiger partial charge in [-0.05, 0) is 26.0 Å². The van der Waals surface area contributed by atoms with Gasteiger partial charge in [-0.3, -0.25) is 14.5 Å². The molecule has 30 heavy (non-hydrogen) atoms. The van der Waals surface area contributed by atoms with E-state index in [1.807, 2.05) is 13.8 Å². The maximum absolute atomic E-state index is 14.1. The Morgan fingerprint density at radius 1 is 1.33 bits per heavy atom. The van der Waals surface area contributed by atoms with Crippen LogP contribution < -0.4 is 10.1 Å². The van der Waals surface area contributed by atoms with E-state index in [1.54, 1.807) is 12.3 Å². The van der Waals surface area contributed by atoms with Crippen molar-refractivity contribution in [3.63, 3.8) is 0 Å². The predicted molar refractivity (Wildman–Crippen MR) is 104 cm³/mol. The van der Waals surface area contributed by atoms with Crippen LogP contribution in [0.1, 0.15) is 43.2 Å². The Morgan fingerprint density at radius 3 is 2.77 bits per heavy atom. The van der Waals surface area contributed by atoms with Crippen LogP contribution in [0, 0.1) is 5.82 Å². The van der Waals surface area contributed by atoms with Crippen molar-refractivity contribution in [1.82, 2.24) is 25.1 Å². The number of hydrogen-bond acceptors (Lipinski definition) is 5. The second-order valence-corrected chi connectivity index (χ2v) is 7.03. The number of rotatable bonds is 8. The quantitative estimate of drug-likeness (QED) is 0.600. The third-order valence-electron chi connectivity index (χ3n) is 4.35. The summed E-state index contributed by atoms with van der Waals surface area (Å²) in [4.78, 5) is 20.1. The van der Waals surface area contributed by atoms with Crippen molar-refractivity contribution in [1.29, 1.82) is 0 Å². The van der Waals surface area contributed by atoms with E-state index in [1.165, 1.54) is 17.8 Å². The Balaban J connectivity index is 1.69. The van der Waals surface area contributed by atoms with Crippen LogP contribution in [0.5, 0.6) is 5.88 Å². The van der Waals surface area contributed by atoms with Gasteiger partial charge in [0, 0.05) is 36.6 Å². The molecule has 0 aromatic carbocycles. The number of nitrogens with zero attached hydrogens (tertiary/aromatic N) is 4. The smallest absolute Gasteiger partial charge is 0.274 e. The van der Waals surface area contributed by atoms with Gasteiger partial charge in [0.05, 0.1) is 17.4 Å². The van der Waals surface area contributed by atoms with Gasteiger partial charge in [0.25, 0.3) is 11.8 Å². The molecule has 0 saturated heterocycles. The number of aromatic nitrogens is 4. The van der Waals surface area contributed by atoms with E-state index >= 15 is 0 Å². The molecule has 1 N–H and O–H groups in total. The lowest BCUT2D eigenvalue weighted by Gasteiger charge is -2.14. The third kappa shape index (κ3) is 4.69. The maximum Gasteiger partial charge on any atom is 0.274 e. The standard InChI is InChI=1S/C20H22F3N5O2/c1-4-20(22,23)13-9-15(21)19(25-10-13)30-8-7-28-11-14-16(27-28)5-6-24-17(14)18(29)26-12(2)3/h5-6,9-12H,4,7-8H2,1-3H3,(H,26,29).